The summed E-state index contributed by atoms with van der Waals surface area (Å²) in [6.07, 6.45) is 3.92. The third-order valence-electron chi connectivity index (χ3n) is 4.07. The van der Waals surface area contributed by atoms with E-state index in [0.29, 0.717) is 22.6 Å². The second kappa shape index (κ2) is 5.84. The average molecular weight is 308 g/mol. The van der Waals surface area contributed by atoms with Crippen LogP contribution in [0.4, 0.5) is 0 Å². The van der Waals surface area contributed by atoms with Crippen molar-refractivity contribution in [2.24, 2.45) is 0 Å². The van der Waals surface area contributed by atoms with E-state index in [9.17, 15) is 10.2 Å². The highest BCUT2D eigenvalue weighted by Crippen LogP contribution is 2.43. The predicted molar refractivity (Wildman–Crippen MR) is 92.6 cm³/mol. The molecule has 3 nitrogen and oxygen atoms in total. The lowest BCUT2D eigenvalue weighted by Gasteiger charge is -2.21. The lowest BCUT2D eigenvalue weighted by atomic mass is 9.97. The molecule has 3 rings (SSSR count). The van der Waals surface area contributed by atoms with Crippen LogP contribution in [0.2, 0.25) is 0 Å². The van der Waals surface area contributed by atoms with Crippen LogP contribution in [0, 0.1) is 6.92 Å². The molecule has 0 saturated heterocycles. The molecule has 2 N–H and O–H groups in total. The summed E-state index contributed by atoms with van der Waals surface area (Å²) in [4.78, 5) is 0. The molecule has 2 aromatic rings. The Kier molecular flexibility index (Phi) is 3.87. The quantitative estimate of drug-likeness (QED) is 0.856. The van der Waals surface area contributed by atoms with Gasteiger partial charge in [0.25, 0.3) is 0 Å². The molecule has 0 radical (unpaired) electrons. The van der Waals surface area contributed by atoms with Crippen LogP contribution in [0.25, 0.3) is 11.3 Å². The van der Waals surface area contributed by atoms with Crippen LogP contribution < -0.4 is 4.74 Å². The van der Waals surface area contributed by atoms with E-state index in [0.717, 1.165) is 18.4 Å². The van der Waals surface area contributed by atoms with Crippen molar-refractivity contribution in [2.75, 3.05) is 0 Å². The predicted octanol–water partition coefficient (Wildman–Crippen LogP) is 4.81. The molecule has 0 unspecified atom stereocenters. The normalized spacial score (nSPS) is 13.3. The Hall–Kier alpha value is -2.68. The van der Waals surface area contributed by atoms with Gasteiger partial charge in [0.2, 0.25) is 0 Å². The second-order valence-electron chi connectivity index (χ2n) is 5.87. The molecule has 2 aromatic carbocycles. The molecule has 0 amide bonds. The smallest absolute Gasteiger partial charge is 0.142 e. The molecule has 0 aliphatic carbocycles. The maximum Gasteiger partial charge on any atom is 0.142 e. The van der Waals surface area contributed by atoms with Crippen LogP contribution in [-0.4, -0.2) is 10.2 Å². The standard InChI is InChI=1S/C20H20O3/c1-4-5-14-9-15(7-6-12(14)2)18-8-13(3)20-17(22)10-16(21)11-19(20)23-18/h6-11,21-22H,3-5H2,1-2H3. The van der Waals surface area contributed by atoms with E-state index >= 15 is 0 Å². The number of hydrogen-bond donors (Lipinski definition) is 2. The van der Waals surface area contributed by atoms with Crippen molar-refractivity contribution in [1.82, 2.24) is 0 Å². The van der Waals surface area contributed by atoms with Gasteiger partial charge in [-0.05, 0) is 42.2 Å². The topological polar surface area (TPSA) is 49.7 Å². The number of hydrogen-bond acceptors (Lipinski definition) is 3. The minimum atomic E-state index is -0.0362. The molecule has 0 bridgehead atoms. The van der Waals surface area contributed by atoms with Crippen molar-refractivity contribution in [2.45, 2.75) is 26.7 Å². The Morgan fingerprint density at radius 1 is 1.13 bits per heavy atom. The van der Waals surface area contributed by atoms with Gasteiger partial charge < -0.3 is 14.9 Å². The van der Waals surface area contributed by atoms with Crippen molar-refractivity contribution in [1.29, 1.82) is 0 Å². The third-order valence-corrected chi connectivity index (χ3v) is 4.07. The van der Waals surface area contributed by atoms with E-state index < -0.39 is 0 Å². The van der Waals surface area contributed by atoms with Gasteiger partial charge in [0, 0.05) is 17.7 Å². The molecule has 1 aliphatic rings. The zero-order valence-corrected chi connectivity index (χ0v) is 13.4. The number of aryl methyl sites for hydroxylation is 2. The van der Waals surface area contributed by atoms with Gasteiger partial charge >= 0.3 is 0 Å². The van der Waals surface area contributed by atoms with Gasteiger partial charge in [-0.2, -0.15) is 0 Å². The maximum atomic E-state index is 9.98. The number of ether oxygens (including phenoxy) is 1. The van der Waals surface area contributed by atoms with Crippen LogP contribution in [0.15, 0.2) is 43.0 Å². The van der Waals surface area contributed by atoms with Crippen molar-refractivity contribution in [3.05, 3.63) is 65.2 Å². The first-order valence-electron chi connectivity index (χ1n) is 7.74. The van der Waals surface area contributed by atoms with E-state index in [4.69, 9.17) is 4.74 Å². The van der Waals surface area contributed by atoms with Crippen LogP contribution in [-0.2, 0) is 6.42 Å². The number of phenolic OH excluding ortho intramolecular Hbond substituents is 2. The lowest BCUT2D eigenvalue weighted by Crippen LogP contribution is -2.04. The molecule has 0 fully saturated rings. The van der Waals surface area contributed by atoms with E-state index in [1.54, 1.807) is 0 Å². The summed E-state index contributed by atoms with van der Waals surface area (Å²) < 4.78 is 5.90. The van der Waals surface area contributed by atoms with Crippen molar-refractivity contribution < 1.29 is 14.9 Å². The third kappa shape index (κ3) is 2.82. The summed E-state index contributed by atoms with van der Waals surface area (Å²) in [5, 5.41) is 19.7. The van der Waals surface area contributed by atoms with Gasteiger partial charge in [-0.15, -0.1) is 0 Å². The molecule has 0 spiro atoms. The van der Waals surface area contributed by atoms with Crippen molar-refractivity contribution in [3.63, 3.8) is 0 Å². The van der Waals surface area contributed by atoms with Gasteiger partial charge in [0.1, 0.15) is 23.0 Å². The van der Waals surface area contributed by atoms with Crippen molar-refractivity contribution >= 4 is 11.3 Å². The Balaban J connectivity index is 2.03. The molecule has 118 valence electrons. The van der Waals surface area contributed by atoms with Gasteiger partial charge in [-0.1, -0.05) is 32.1 Å². The van der Waals surface area contributed by atoms with E-state index in [2.05, 4.69) is 32.6 Å². The minimum Gasteiger partial charge on any atom is -0.508 e. The van der Waals surface area contributed by atoms with Crippen LogP contribution in [0.1, 0.15) is 35.6 Å². The van der Waals surface area contributed by atoms with Gasteiger partial charge in [0.05, 0.1) is 5.56 Å². The maximum absolute atomic E-state index is 9.98. The molecular formula is C20H20O3. The van der Waals surface area contributed by atoms with Gasteiger partial charge in [-0.25, -0.2) is 0 Å². The lowest BCUT2D eigenvalue weighted by molar-refractivity contribution is 0.434. The van der Waals surface area contributed by atoms with Crippen LogP contribution >= 0.6 is 0 Å². The number of phenols is 2. The number of fused-ring (bicyclic) bond motifs is 1. The van der Waals surface area contributed by atoms with Gasteiger partial charge in [-0.3, -0.25) is 0 Å². The highest BCUT2D eigenvalue weighted by Gasteiger charge is 2.21. The summed E-state index contributed by atoms with van der Waals surface area (Å²) in [5.41, 5.74) is 4.71. The van der Waals surface area contributed by atoms with Crippen molar-refractivity contribution in [3.8, 4) is 17.2 Å². The average Bonchev–Trinajstić information content (AvgIpc) is 2.48. The molecule has 1 aliphatic heterocycles. The Labute approximate surface area is 136 Å². The SMILES string of the molecule is C=C1C=C(c2ccc(C)c(CCC)c2)Oc2cc(O)cc(O)c21. The number of aromatic hydroxyl groups is 2. The summed E-state index contributed by atoms with van der Waals surface area (Å²) in [7, 11) is 0. The molecular weight excluding hydrogens is 288 g/mol. The molecule has 0 aromatic heterocycles. The van der Waals surface area contributed by atoms with E-state index in [1.165, 1.54) is 23.3 Å². The zero-order chi connectivity index (χ0) is 16.6. The largest absolute Gasteiger partial charge is 0.508 e. The van der Waals surface area contributed by atoms with Crippen LogP contribution in [0.5, 0.6) is 17.2 Å². The fourth-order valence-corrected chi connectivity index (χ4v) is 2.87. The fourth-order valence-electron chi connectivity index (χ4n) is 2.87. The Morgan fingerprint density at radius 2 is 1.91 bits per heavy atom. The molecule has 0 atom stereocenters. The van der Waals surface area contributed by atoms with E-state index in [1.807, 2.05) is 12.1 Å². The Bertz CT molecular complexity index is 816. The first kappa shape index (κ1) is 15.2. The fraction of sp³-hybridized carbons (Fsp3) is 0.200. The number of benzene rings is 2. The summed E-state index contributed by atoms with van der Waals surface area (Å²) in [6.45, 7) is 8.27. The van der Waals surface area contributed by atoms with Crippen LogP contribution in [0.3, 0.4) is 0 Å². The number of rotatable bonds is 3. The minimum absolute atomic E-state index is 0.0316. The number of allylic oxidation sites excluding steroid dienone is 2. The first-order chi connectivity index (χ1) is 11.0. The van der Waals surface area contributed by atoms with Gasteiger partial charge in [0.15, 0.2) is 0 Å². The van der Waals surface area contributed by atoms with E-state index in [-0.39, 0.29) is 11.5 Å². The first-order valence-corrected chi connectivity index (χ1v) is 7.74. The summed E-state index contributed by atoms with van der Waals surface area (Å²) >= 11 is 0. The monoisotopic (exact) mass is 308 g/mol. The Morgan fingerprint density at radius 3 is 2.65 bits per heavy atom. The molecule has 23 heavy (non-hydrogen) atoms. The second-order valence-corrected chi connectivity index (χ2v) is 5.87. The summed E-state index contributed by atoms with van der Waals surface area (Å²) in [5.74, 6) is 1.02. The molecule has 0 saturated carbocycles. The zero-order valence-electron chi connectivity index (χ0n) is 13.4. The highest BCUT2D eigenvalue weighted by atomic mass is 16.5. The molecule has 1 heterocycles. The summed E-state index contributed by atoms with van der Waals surface area (Å²) in [6, 6.07) is 9.02. The molecule has 3 heteroatoms. The highest BCUT2D eigenvalue weighted by molar-refractivity contribution is 5.89.